The molecule has 1 aliphatic carbocycles. The minimum absolute atomic E-state index is 0.105. The minimum Gasteiger partial charge on any atom is -0.486 e. The smallest absolute Gasteiger partial charge is 0.270 e. The fourth-order valence-electron chi connectivity index (χ4n) is 2.84. The summed E-state index contributed by atoms with van der Waals surface area (Å²) >= 11 is 1.40. The predicted molar refractivity (Wildman–Crippen MR) is 91.8 cm³/mol. The van der Waals surface area contributed by atoms with Gasteiger partial charge in [-0.1, -0.05) is 25.7 Å². The molecule has 1 fully saturated rings. The normalized spacial score (nSPS) is 15.7. The van der Waals surface area contributed by atoms with Crippen LogP contribution in [0.5, 0.6) is 5.75 Å². The summed E-state index contributed by atoms with van der Waals surface area (Å²) in [6.07, 6.45) is 6.98. The zero-order valence-corrected chi connectivity index (χ0v) is 14.3. The minimum atomic E-state index is -0.297. The molecule has 0 atom stereocenters. The second kappa shape index (κ2) is 8.24. The number of nitrogens with zero attached hydrogens (tertiary/aromatic N) is 1. The number of halogens is 1. The lowest BCUT2D eigenvalue weighted by Crippen LogP contribution is -2.34. The highest BCUT2D eigenvalue weighted by atomic mass is 32.1. The second-order valence-corrected chi connectivity index (χ2v) is 6.97. The van der Waals surface area contributed by atoms with Gasteiger partial charge in [0.25, 0.3) is 5.91 Å². The van der Waals surface area contributed by atoms with E-state index in [0.29, 0.717) is 11.4 Å². The van der Waals surface area contributed by atoms with Gasteiger partial charge in [0.05, 0.1) is 0 Å². The van der Waals surface area contributed by atoms with E-state index in [1.807, 2.05) is 0 Å². The first-order chi connectivity index (χ1) is 11.7. The zero-order valence-electron chi connectivity index (χ0n) is 13.5. The van der Waals surface area contributed by atoms with Gasteiger partial charge in [0.15, 0.2) is 0 Å². The highest BCUT2D eigenvalue weighted by Crippen LogP contribution is 2.19. The van der Waals surface area contributed by atoms with Crippen molar-refractivity contribution in [2.45, 2.75) is 51.2 Å². The van der Waals surface area contributed by atoms with Gasteiger partial charge in [0, 0.05) is 11.4 Å². The number of carbonyl (C=O) groups excluding carboxylic acids is 1. The molecule has 128 valence electrons. The van der Waals surface area contributed by atoms with E-state index in [0.717, 1.165) is 17.8 Å². The Morgan fingerprint density at radius 2 is 1.92 bits per heavy atom. The van der Waals surface area contributed by atoms with E-state index in [1.54, 1.807) is 17.5 Å². The number of hydrogen-bond donors (Lipinski definition) is 1. The lowest BCUT2D eigenvalue weighted by atomic mass is 10.1. The molecule has 1 N–H and O–H groups in total. The number of amides is 1. The molecule has 1 aromatic heterocycles. The van der Waals surface area contributed by atoms with Crippen LogP contribution in [0, 0.1) is 5.82 Å². The molecule has 6 heteroatoms. The Morgan fingerprint density at radius 1 is 1.21 bits per heavy atom. The molecule has 0 aliphatic heterocycles. The SMILES string of the molecule is O=C(NC1CCCCCC1)c1csc(COc2ccc(F)cc2)n1. The van der Waals surface area contributed by atoms with Gasteiger partial charge < -0.3 is 10.1 Å². The molecular formula is C18H21FN2O2S. The molecule has 0 spiro atoms. The van der Waals surface area contributed by atoms with Crippen molar-refractivity contribution in [2.24, 2.45) is 0 Å². The van der Waals surface area contributed by atoms with Gasteiger partial charge in [0.1, 0.15) is 28.9 Å². The molecule has 0 saturated heterocycles. The summed E-state index contributed by atoms with van der Waals surface area (Å²) in [5, 5.41) is 5.58. The molecule has 0 bridgehead atoms. The van der Waals surface area contributed by atoms with E-state index < -0.39 is 0 Å². The highest BCUT2D eigenvalue weighted by molar-refractivity contribution is 7.09. The number of benzene rings is 1. The first kappa shape index (κ1) is 16.9. The molecule has 1 heterocycles. The van der Waals surface area contributed by atoms with Crippen molar-refractivity contribution < 1.29 is 13.9 Å². The number of hydrogen-bond acceptors (Lipinski definition) is 4. The molecule has 2 aromatic rings. The van der Waals surface area contributed by atoms with E-state index in [2.05, 4.69) is 10.3 Å². The quantitative estimate of drug-likeness (QED) is 0.819. The number of nitrogens with one attached hydrogen (secondary N) is 1. The van der Waals surface area contributed by atoms with Gasteiger partial charge in [-0.2, -0.15) is 0 Å². The summed E-state index contributed by atoms with van der Waals surface area (Å²) in [6, 6.07) is 6.11. The Bertz CT molecular complexity index is 664. The third-order valence-corrected chi connectivity index (χ3v) is 4.97. The van der Waals surface area contributed by atoms with E-state index in [4.69, 9.17) is 4.74 Å². The standard InChI is InChI=1S/C18H21FN2O2S/c19-13-7-9-15(10-8-13)23-11-17-21-16(12-24-17)18(22)20-14-5-3-1-2-4-6-14/h7-10,12,14H,1-6,11H2,(H,20,22). The zero-order chi connectivity index (χ0) is 16.8. The van der Waals surface area contributed by atoms with Crippen LogP contribution < -0.4 is 10.1 Å². The van der Waals surface area contributed by atoms with Crippen LogP contribution in [0.4, 0.5) is 4.39 Å². The van der Waals surface area contributed by atoms with Gasteiger partial charge in [-0.3, -0.25) is 4.79 Å². The number of thiazole rings is 1. The largest absolute Gasteiger partial charge is 0.486 e. The lowest BCUT2D eigenvalue weighted by molar-refractivity contribution is 0.0928. The van der Waals surface area contributed by atoms with Crippen LogP contribution in [0.2, 0.25) is 0 Å². The van der Waals surface area contributed by atoms with Crippen LogP contribution in [-0.2, 0) is 6.61 Å². The Kier molecular flexibility index (Phi) is 5.80. The van der Waals surface area contributed by atoms with Crippen LogP contribution in [0.3, 0.4) is 0 Å². The summed E-state index contributed by atoms with van der Waals surface area (Å²) in [4.78, 5) is 16.6. The van der Waals surface area contributed by atoms with Crippen molar-refractivity contribution in [1.82, 2.24) is 10.3 Å². The first-order valence-electron chi connectivity index (χ1n) is 8.34. The Hall–Kier alpha value is -1.95. The van der Waals surface area contributed by atoms with Crippen LogP contribution in [-0.4, -0.2) is 16.9 Å². The number of carbonyl (C=O) groups is 1. The predicted octanol–water partition coefficient (Wildman–Crippen LogP) is 4.31. The van der Waals surface area contributed by atoms with Crippen LogP contribution >= 0.6 is 11.3 Å². The van der Waals surface area contributed by atoms with E-state index in [1.165, 1.54) is 49.2 Å². The Morgan fingerprint density at radius 3 is 2.62 bits per heavy atom. The molecule has 3 rings (SSSR count). The maximum Gasteiger partial charge on any atom is 0.270 e. The summed E-state index contributed by atoms with van der Waals surface area (Å²) in [5.74, 6) is 0.177. The third-order valence-electron chi connectivity index (χ3n) is 4.15. The summed E-state index contributed by atoms with van der Waals surface area (Å²) in [6.45, 7) is 0.271. The molecular weight excluding hydrogens is 327 g/mol. The fourth-order valence-corrected chi connectivity index (χ4v) is 3.53. The van der Waals surface area contributed by atoms with E-state index >= 15 is 0 Å². The second-order valence-electron chi connectivity index (χ2n) is 6.03. The Labute approximate surface area is 145 Å². The van der Waals surface area contributed by atoms with Crippen molar-refractivity contribution in [3.63, 3.8) is 0 Å². The third kappa shape index (κ3) is 4.77. The van der Waals surface area contributed by atoms with Gasteiger partial charge in [-0.25, -0.2) is 9.37 Å². The summed E-state index contributed by atoms with van der Waals surface area (Å²) < 4.78 is 18.4. The van der Waals surface area contributed by atoms with Crippen molar-refractivity contribution in [2.75, 3.05) is 0 Å². The van der Waals surface area contributed by atoms with Crippen molar-refractivity contribution in [1.29, 1.82) is 0 Å². The van der Waals surface area contributed by atoms with Crippen LogP contribution in [0.25, 0.3) is 0 Å². The average molecular weight is 348 g/mol. The molecule has 4 nitrogen and oxygen atoms in total. The van der Waals surface area contributed by atoms with Crippen molar-refractivity contribution >= 4 is 17.2 Å². The average Bonchev–Trinajstić information content (AvgIpc) is 2.92. The molecule has 1 aromatic carbocycles. The molecule has 24 heavy (non-hydrogen) atoms. The van der Waals surface area contributed by atoms with Crippen LogP contribution in [0.15, 0.2) is 29.6 Å². The number of rotatable bonds is 5. The molecule has 1 amide bonds. The molecule has 0 radical (unpaired) electrons. The van der Waals surface area contributed by atoms with Gasteiger partial charge in [-0.05, 0) is 37.1 Å². The molecule has 1 aliphatic rings. The van der Waals surface area contributed by atoms with Gasteiger partial charge in [0.2, 0.25) is 0 Å². The first-order valence-corrected chi connectivity index (χ1v) is 9.22. The Balaban J connectivity index is 1.52. The molecule has 1 saturated carbocycles. The lowest BCUT2D eigenvalue weighted by Gasteiger charge is -2.15. The fraction of sp³-hybridized carbons (Fsp3) is 0.444. The van der Waals surface area contributed by atoms with Crippen LogP contribution in [0.1, 0.15) is 54.0 Å². The van der Waals surface area contributed by atoms with Crippen molar-refractivity contribution in [3.05, 3.63) is 46.2 Å². The number of ether oxygens (including phenoxy) is 1. The monoisotopic (exact) mass is 348 g/mol. The summed E-state index contributed by atoms with van der Waals surface area (Å²) in [5.41, 5.74) is 0.446. The van der Waals surface area contributed by atoms with E-state index in [9.17, 15) is 9.18 Å². The maximum atomic E-state index is 12.8. The number of aromatic nitrogens is 1. The maximum absolute atomic E-state index is 12.8. The summed E-state index contributed by atoms with van der Waals surface area (Å²) in [7, 11) is 0. The highest BCUT2D eigenvalue weighted by Gasteiger charge is 2.17. The molecule has 0 unspecified atom stereocenters. The van der Waals surface area contributed by atoms with Crippen molar-refractivity contribution in [3.8, 4) is 5.75 Å². The van der Waals surface area contributed by atoms with Gasteiger partial charge in [-0.15, -0.1) is 11.3 Å². The van der Waals surface area contributed by atoms with E-state index in [-0.39, 0.29) is 24.4 Å². The topological polar surface area (TPSA) is 51.2 Å². The van der Waals surface area contributed by atoms with Gasteiger partial charge >= 0.3 is 0 Å².